The summed E-state index contributed by atoms with van der Waals surface area (Å²) in [6.07, 6.45) is 1.52. The van der Waals surface area contributed by atoms with Gasteiger partial charge in [0.25, 0.3) is 11.1 Å². The molecule has 0 atom stereocenters. The van der Waals surface area contributed by atoms with Crippen LogP contribution >= 0.6 is 23.4 Å². The average molecular weight is 512 g/mol. The lowest BCUT2D eigenvalue weighted by Gasteiger charge is -2.14. The molecule has 1 fully saturated rings. The molecule has 178 valence electrons. The van der Waals surface area contributed by atoms with Crippen LogP contribution in [0.2, 0.25) is 5.02 Å². The van der Waals surface area contributed by atoms with Crippen molar-refractivity contribution in [2.24, 2.45) is 0 Å². The van der Waals surface area contributed by atoms with Gasteiger partial charge in [-0.25, -0.2) is 9.18 Å². The van der Waals surface area contributed by atoms with E-state index < -0.39 is 22.9 Å². The second-order valence-corrected chi connectivity index (χ2v) is 9.04. The second kappa shape index (κ2) is 10.3. The van der Waals surface area contributed by atoms with Crippen LogP contribution < -0.4 is 9.47 Å². The zero-order valence-corrected chi connectivity index (χ0v) is 20.3. The highest BCUT2D eigenvalue weighted by molar-refractivity contribution is 8.18. The SMILES string of the molecule is COc1cc(/C=C2\SC(=O)N(Cc3c(F)cccc3Cl)C2=O)ccc1OC(=O)c1cccc(C)c1. The van der Waals surface area contributed by atoms with E-state index in [2.05, 4.69) is 0 Å². The number of aryl methyl sites for hydroxylation is 1. The van der Waals surface area contributed by atoms with Crippen LogP contribution in [0.4, 0.5) is 9.18 Å². The number of imide groups is 1. The summed E-state index contributed by atoms with van der Waals surface area (Å²) in [7, 11) is 1.43. The predicted molar refractivity (Wildman–Crippen MR) is 132 cm³/mol. The summed E-state index contributed by atoms with van der Waals surface area (Å²) in [5.74, 6) is -1.21. The molecular weight excluding hydrogens is 493 g/mol. The fourth-order valence-corrected chi connectivity index (χ4v) is 4.48. The molecule has 0 spiro atoms. The van der Waals surface area contributed by atoms with Crippen LogP contribution in [-0.4, -0.2) is 29.1 Å². The second-order valence-electron chi connectivity index (χ2n) is 7.64. The molecule has 35 heavy (non-hydrogen) atoms. The molecule has 2 amide bonds. The lowest BCUT2D eigenvalue weighted by atomic mass is 10.1. The van der Waals surface area contributed by atoms with E-state index in [1.165, 1.54) is 31.4 Å². The number of methoxy groups -OCH3 is 1. The van der Waals surface area contributed by atoms with Crippen LogP contribution in [0.15, 0.2) is 65.6 Å². The number of amides is 2. The van der Waals surface area contributed by atoms with Crippen molar-refractivity contribution in [3.05, 3.63) is 98.7 Å². The van der Waals surface area contributed by atoms with Crippen LogP contribution in [0.3, 0.4) is 0 Å². The molecular formula is C26H19ClFNO5S. The highest BCUT2D eigenvalue weighted by atomic mass is 35.5. The molecule has 1 saturated heterocycles. The molecule has 0 N–H and O–H groups in total. The number of carbonyl (C=O) groups excluding carboxylic acids is 3. The van der Waals surface area contributed by atoms with Crippen molar-refractivity contribution < 1.29 is 28.2 Å². The minimum absolute atomic E-state index is 0.0687. The van der Waals surface area contributed by atoms with E-state index in [1.807, 2.05) is 13.0 Å². The van der Waals surface area contributed by atoms with E-state index in [-0.39, 0.29) is 33.5 Å². The lowest BCUT2D eigenvalue weighted by molar-refractivity contribution is -0.123. The number of thioether (sulfide) groups is 1. The van der Waals surface area contributed by atoms with Crippen molar-refractivity contribution >= 4 is 46.6 Å². The number of nitrogens with zero attached hydrogens (tertiary/aromatic N) is 1. The maximum Gasteiger partial charge on any atom is 0.343 e. The van der Waals surface area contributed by atoms with Crippen LogP contribution in [0.1, 0.15) is 27.0 Å². The Morgan fingerprint density at radius 2 is 1.86 bits per heavy atom. The number of ether oxygens (including phenoxy) is 2. The summed E-state index contributed by atoms with van der Waals surface area (Å²) in [5.41, 5.74) is 1.94. The van der Waals surface area contributed by atoms with Crippen LogP contribution in [0.25, 0.3) is 6.08 Å². The van der Waals surface area contributed by atoms with Gasteiger partial charge in [0.15, 0.2) is 11.5 Å². The highest BCUT2D eigenvalue weighted by Crippen LogP contribution is 2.36. The van der Waals surface area contributed by atoms with Gasteiger partial charge in [-0.2, -0.15) is 0 Å². The summed E-state index contributed by atoms with van der Waals surface area (Å²) in [5, 5.41) is -0.398. The number of halogens is 2. The van der Waals surface area contributed by atoms with E-state index in [4.69, 9.17) is 21.1 Å². The van der Waals surface area contributed by atoms with Gasteiger partial charge in [-0.3, -0.25) is 14.5 Å². The molecule has 1 heterocycles. The third kappa shape index (κ3) is 5.39. The molecule has 0 aromatic heterocycles. The molecule has 0 radical (unpaired) electrons. The molecule has 9 heteroatoms. The monoisotopic (exact) mass is 511 g/mol. The third-order valence-electron chi connectivity index (χ3n) is 5.19. The Morgan fingerprint density at radius 1 is 1.09 bits per heavy atom. The maximum absolute atomic E-state index is 14.1. The molecule has 0 unspecified atom stereocenters. The molecule has 3 aromatic rings. The summed E-state index contributed by atoms with van der Waals surface area (Å²) in [4.78, 5) is 38.9. The molecule has 1 aliphatic rings. The van der Waals surface area contributed by atoms with E-state index in [0.717, 1.165) is 22.2 Å². The Balaban J connectivity index is 1.54. The zero-order chi connectivity index (χ0) is 25.1. The first-order valence-corrected chi connectivity index (χ1v) is 11.6. The van der Waals surface area contributed by atoms with E-state index in [9.17, 15) is 18.8 Å². The first-order valence-electron chi connectivity index (χ1n) is 10.4. The quantitative estimate of drug-likeness (QED) is 0.221. The molecule has 0 bridgehead atoms. The Hall–Kier alpha value is -3.62. The van der Waals surface area contributed by atoms with Crippen LogP contribution in [0.5, 0.6) is 11.5 Å². The van der Waals surface area contributed by atoms with Gasteiger partial charge >= 0.3 is 5.97 Å². The Kier molecular flexibility index (Phi) is 7.23. The predicted octanol–water partition coefficient (Wildman–Crippen LogP) is 6.25. The van der Waals surface area contributed by atoms with Gasteiger partial charge in [0.2, 0.25) is 0 Å². The van der Waals surface area contributed by atoms with Gasteiger partial charge in [0, 0.05) is 10.6 Å². The van der Waals surface area contributed by atoms with Crippen LogP contribution in [0, 0.1) is 12.7 Å². The van der Waals surface area contributed by atoms with Crippen molar-refractivity contribution in [1.82, 2.24) is 4.90 Å². The Bertz CT molecular complexity index is 1350. The molecule has 6 nitrogen and oxygen atoms in total. The first kappa shape index (κ1) is 24.5. The fourth-order valence-electron chi connectivity index (χ4n) is 3.42. The van der Waals surface area contributed by atoms with Crippen molar-refractivity contribution in [3.63, 3.8) is 0 Å². The maximum atomic E-state index is 14.1. The van der Waals surface area contributed by atoms with Crippen molar-refractivity contribution in [2.75, 3.05) is 7.11 Å². The van der Waals surface area contributed by atoms with Gasteiger partial charge in [-0.1, -0.05) is 41.4 Å². The number of benzene rings is 3. The normalized spacial score (nSPS) is 14.5. The number of rotatable bonds is 6. The molecule has 0 saturated carbocycles. The van der Waals surface area contributed by atoms with E-state index >= 15 is 0 Å². The van der Waals surface area contributed by atoms with Crippen molar-refractivity contribution in [2.45, 2.75) is 13.5 Å². The minimum Gasteiger partial charge on any atom is -0.493 e. The largest absolute Gasteiger partial charge is 0.493 e. The smallest absolute Gasteiger partial charge is 0.343 e. The Labute approximate surface area is 210 Å². The van der Waals surface area contributed by atoms with Crippen molar-refractivity contribution in [3.8, 4) is 11.5 Å². The highest BCUT2D eigenvalue weighted by Gasteiger charge is 2.36. The number of esters is 1. The van der Waals surface area contributed by atoms with Gasteiger partial charge in [0.05, 0.1) is 24.1 Å². The average Bonchev–Trinajstić information content (AvgIpc) is 3.09. The minimum atomic E-state index is -0.596. The zero-order valence-electron chi connectivity index (χ0n) is 18.7. The van der Waals surface area contributed by atoms with E-state index in [1.54, 1.807) is 36.4 Å². The van der Waals surface area contributed by atoms with Gasteiger partial charge in [-0.05, 0) is 66.7 Å². The fraction of sp³-hybridized carbons (Fsp3) is 0.115. The molecule has 1 aliphatic heterocycles. The van der Waals surface area contributed by atoms with Gasteiger partial charge in [-0.15, -0.1) is 0 Å². The molecule has 3 aromatic carbocycles. The van der Waals surface area contributed by atoms with Crippen molar-refractivity contribution in [1.29, 1.82) is 0 Å². The van der Waals surface area contributed by atoms with Gasteiger partial charge in [0.1, 0.15) is 5.82 Å². The topological polar surface area (TPSA) is 72.9 Å². The number of hydrogen-bond acceptors (Lipinski definition) is 6. The summed E-state index contributed by atoms with van der Waals surface area (Å²) < 4.78 is 25.0. The number of hydrogen-bond donors (Lipinski definition) is 0. The number of carbonyl (C=O) groups is 3. The molecule has 4 rings (SSSR count). The summed E-state index contributed by atoms with van der Waals surface area (Å²) in [6, 6.07) is 15.9. The molecule has 0 aliphatic carbocycles. The van der Waals surface area contributed by atoms with Gasteiger partial charge < -0.3 is 9.47 Å². The first-order chi connectivity index (χ1) is 16.8. The van der Waals surface area contributed by atoms with Crippen LogP contribution in [-0.2, 0) is 11.3 Å². The lowest BCUT2D eigenvalue weighted by Crippen LogP contribution is -2.28. The summed E-state index contributed by atoms with van der Waals surface area (Å²) in [6.45, 7) is 1.60. The third-order valence-corrected chi connectivity index (χ3v) is 6.45. The summed E-state index contributed by atoms with van der Waals surface area (Å²) >= 11 is 6.78. The standard InChI is InChI=1S/C26H19ClFNO5S/c1-15-5-3-6-17(11-15)25(31)34-21-10-9-16(12-22(21)33-2)13-23-24(30)29(26(32)35-23)14-18-19(27)7-4-8-20(18)28/h3-13H,14H2,1-2H3/b23-13-. The van der Waals surface area contributed by atoms with E-state index in [0.29, 0.717) is 11.1 Å². The Morgan fingerprint density at radius 3 is 2.57 bits per heavy atom.